The van der Waals surface area contributed by atoms with Crippen LogP contribution in [0, 0.1) is 19.3 Å². The minimum absolute atomic E-state index is 0.165. The molecule has 2 N–H and O–H groups in total. The lowest BCUT2D eigenvalue weighted by atomic mass is 9.76. The van der Waals surface area contributed by atoms with Crippen LogP contribution in [-0.2, 0) is 30.9 Å². The number of hydrogen-bond donors (Lipinski definition) is 2. The molecule has 2 aromatic heterocycles. The molecule has 0 amide bonds. The molecular weight excluding hydrogens is 415 g/mol. The highest BCUT2D eigenvalue weighted by atomic mass is 31.2. The third-order valence-electron chi connectivity index (χ3n) is 6.21. The Morgan fingerprint density at radius 3 is 2.55 bits per heavy atom. The summed E-state index contributed by atoms with van der Waals surface area (Å²) in [6.45, 7) is 8.43. The molecule has 8 nitrogen and oxygen atoms in total. The first kappa shape index (κ1) is 21.9. The summed E-state index contributed by atoms with van der Waals surface area (Å²) in [6, 6.07) is 3.88. The average Bonchev–Trinajstić information content (AvgIpc) is 3.24. The molecule has 31 heavy (non-hydrogen) atoms. The van der Waals surface area contributed by atoms with Crippen molar-refractivity contribution in [3.05, 3.63) is 40.1 Å². The summed E-state index contributed by atoms with van der Waals surface area (Å²) in [5, 5.41) is 8.87. The maximum absolute atomic E-state index is 11.2. The van der Waals surface area contributed by atoms with E-state index in [0.29, 0.717) is 18.1 Å². The number of aromatic nitrogens is 4. The van der Waals surface area contributed by atoms with Crippen molar-refractivity contribution in [2.45, 2.75) is 53.4 Å². The second kappa shape index (κ2) is 7.69. The van der Waals surface area contributed by atoms with E-state index >= 15 is 0 Å². The Hall–Kier alpha value is -2.28. The van der Waals surface area contributed by atoms with Crippen molar-refractivity contribution >= 4 is 7.60 Å². The predicted octanol–water partition coefficient (Wildman–Crippen LogP) is 3.99. The fourth-order valence-corrected chi connectivity index (χ4v) is 4.99. The van der Waals surface area contributed by atoms with Crippen molar-refractivity contribution in [1.29, 1.82) is 0 Å². The molecule has 0 bridgehead atoms. The molecule has 166 valence electrons. The summed E-state index contributed by atoms with van der Waals surface area (Å²) < 4.78 is 18.8. The number of aryl methyl sites for hydroxylation is 3. The fraction of sp³-hybridized carbons (Fsp3) is 0.500. The van der Waals surface area contributed by atoms with Gasteiger partial charge in [-0.3, -0.25) is 9.25 Å². The summed E-state index contributed by atoms with van der Waals surface area (Å²) in [5.74, 6) is 0.908. The lowest BCUT2D eigenvalue weighted by molar-refractivity contribution is 0.306. The van der Waals surface area contributed by atoms with Crippen LogP contribution in [0.2, 0.25) is 0 Å². The Kier molecular flexibility index (Phi) is 5.44. The number of benzene rings is 1. The van der Waals surface area contributed by atoms with E-state index < -0.39 is 7.60 Å². The Morgan fingerprint density at radius 1 is 1.23 bits per heavy atom. The van der Waals surface area contributed by atoms with Crippen molar-refractivity contribution < 1.29 is 18.9 Å². The normalized spacial score (nSPS) is 15.8. The Labute approximate surface area is 181 Å². The topological polar surface area (TPSA) is 114 Å². The van der Waals surface area contributed by atoms with Gasteiger partial charge in [-0.1, -0.05) is 19.0 Å². The van der Waals surface area contributed by atoms with Gasteiger partial charge < -0.3 is 14.3 Å². The molecule has 0 saturated heterocycles. The summed E-state index contributed by atoms with van der Waals surface area (Å²) >= 11 is 0. The van der Waals surface area contributed by atoms with Crippen LogP contribution in [-0.4, -0.2) is 35.9 Å². The molecule has 0 saturated carbocycles. The Balaban J connectivity index is 1.64. The maximum Gasteiger partial charge on any atom is 0.325 e. The first-order valence-corrected chi connectivity index (χ1v) is 12.3. The summed E-state index contributed by atoms with van der Waals surface area (Å²) in [7, 11) is -2.07. The highest BCUT2D eigenvalue weighted by Crippen LogP contribution is 2.39. The molecule has 9 heteroatoms. The standard InChI is InChI=1S/C22H29N4O4P/c1-13-10-15(11-14(2)16(13)7-9-31(27,28)29)20-23-21(30-25-20)19-17-6-8-22(3,4)12-18(17)26(5)24-19/h10-11H,6-9,12H2,1-5H3,(H2,27,28,29). The van der Waals surface area contributed by atoms with Gasteiger partial charge in [-0.25, -0.2) is 0 Å². The second-order valence-corrected chi connectivity index (χ2v) is 11.2. The average molecular weight is 444 g/mol. The van der Waals surface area contributed by atoms with Gasteiger partial charge in [0.2, 0.25) is 5.82 Å². The smallest absolute Gasteiger partial charge is 0.325 e. The van der Waals surface area contributed by atoms with Gasteiger partial charge in [0.25, 0.3) is 5.89 Å². The second-order valence-electron chi connectivity index (χ2n) is 9.39. The van der Waals surface area contributed by atoms with E-state index in [4.69, 9.17) is 4.52 Å². The molecule has 0 radical (unpaired) electrons. The molecule has 4 rings (SSSR count). The van der Waals surface area contributed by atoms with Gasteiger partial charge in [0, 0.05) is 23.9 Å². The fourth-order valence-electron chi connectivity index (χ4n) is 4.47. The van der Waals surface area contributed by atoms with Gasteiger partial charge in [-0.15, -0.1) is 0 Å². The van der Waals surface area contributed by atoms with Gasteiger partial charge in [0.1, 0.15) is 0 Å². The summed E-state index contributed by atoms with van der Waals surface area (Å²) in [6.07, 6.45) is 3.17. The molecule has 1 aromatic carbocycles. The van der Waals surface area contributed by atoms with Crippen molar-refractivity contribution in [2.75, 3.05) is 6.16 Å². The van der Waals surface area contributed by atoms with Gasteiger partial charge in [0.15, 0.2) is 5.69 Å². The van der Waals surface area contributed by atoms with Gasteiger partial charge >= 0.3 is 7.60 Å². The summed E-state index contributed by atoms with van der Waals surface area (Å²) in [5.41, 5.74) is 7.10. The highest BCUT2D eigenvalue weighted by Gasteiger charge is 2.32. The number of hydrogen-bond acceptors (Lipinski definition) is 5. The van der Waals surface area contributed by atoms with E-state index in [1.165, 1.54) is 11.3 Å². The first-order chi connectivity index (χ1) is 14.4. The summed E-state index contributed by atoms with van der Waals surface area (Å²) in [4.78, 5) is 23.0. The van der Waals surface area contributed by atoms with Gasteiger partial charge in [-0.2, -0.15) is 10.1 Å². The van der Waals surface area contributed by atoms with E-state index in [2.05, 4.69) is 29.1 Å². The van der Waals surface area contributed by atoms with E-state index in [-0.39, 0.29) is 11.6 Å². The van der Waals surface area contributed by atoms with Crippen molar-refractivity contribution in [3.63, 3.8) is 0 Å². The van der Waals surface area contributed by atoms with Crippen molar-refractivity contribution in [2.24, 2.45) is 12.5 Å². The van der Waals surface area contributed by atoms with Crippen LogP contribution in [0.3, 0.4) is 0 Å². The quantitative estimate of drug-likeness (QED) is 0.572. The largest absolute Gasteiger partial charge is 0.332 e. The molecule has 0 atom stereocenters. The van der Waals surface area contributed by atoms with Crippen LogP contribution >= 0.6 is 7.60 Å². The first-order valence-electron chi connectivity index (χ1n) is 10.5. The number of rotatable bonds is 5. The zero-order valence-corrected chi connectivity index (χ0v) is 19.5. The monoisotopic (exact) mass is 444 g/mol. The lowest BCUT2D eigenvalue weighted by Crippen LogP contribution is -2.23. The molecule has 2 heterocycles. The van der Waals surface area contributed by atoms with Crippen LogP contribution in [0.4, 0.5) is 0 Å². The molecule has 3 aromatic rings. The molecule has 0 fully saturated rings. The zero-order chi connectivity index (χ0) is 22.6. The minimum atomic E-state index is -4.04. The Bertz CT molecular complexity index is 1170. The van der Waals surface area contributed by atoms with Gasteiger partial charge in [-0.05, 0) is 73.8 Å². The van der Waals surface area contributed by atoms with E-state index in [1.54, 1.807) is 0 Å². The SMILES string of the molecule is Cc1cc(-c2noc(-c3nn(C)c4c3CCC(C)(C)C4)n2)cc(C)c1CCP(=O)(O)O. The van der Waals surface area contributed by atoms with Crippen LogP contribution in [0.1, 0.15) is 48.2 Å². The molecule has 0 unspecified atom stereocenters. The van der Waals surface area contributed by atoms with E-state index in [0.717, 1.165) is 47.2 Å². The van der Waals surface area contributed by atoms with Crippen molar-refractivity contribution in [3.8, 4) is 23.0 Å². The third-order valence-corrected chi connectivity index (χ3v) is 7.01. The van der Waals surface area contributed by atoms with Crippen LogP contribution in [0.15, 0.2) is 16.7 Å². The lowest BCUT2D eigenvalue weighted by Gasteiger charge is -2.29. The van der Waals surface area contributed by atoms with Crippen LogP contribution in [0.5, 0.6) is 0 Å². The van der Waals surface area contributed by atoms with Crippen molar-refractivity contribution in [1.82, 2.24) is 19.9 Å². The highest BCUT2D eigenvalue weighted by molar-refractivity contribution is 7.51. The van der Waals surface area contributed by atoms with E-state index in [9.17, 15) is 14.4 Å². The molecule has 0 aliphatic heterocycles. The van der Waals surface area contributed by atoms with Crippen LogP contribution < -0.4 is 0 Å². The molecule has 0 spiro atoms. The minimum Gasteiger partial charge on any atom is -0.332 e. The molecule has 1 aliphatic rings. The van der Waals surface area contributed by atoms with Crippen LogP contribution in [0.25, 0.3) is 23.0 Å². The molecule has 1 aliphatic carbocycles. The third kappa shape index (κ3) is 4.52. The Morgan fingerprint density at radius 2 is 1.90 bits per heavy atom. The predicted molar refractivity (Wildman–Crippen MR) is 118 cm³/mol. The number of nitrogens with zero attached hydrogens (tertiary/aromatic N) is 4. The van der Waals surface area contributed by atoms with Gasteiger partial charge in [0.05, 0.1) is 6.16 Å². The zero-order valence-electron chi connectivity index (χ0n) is 18.6. The maximum atomic E-state index is 11.2. The number of fused-ring (bicyclic) bond motifs is 1. The molecular formula is C22H29N4O4P. The van der Waals surface area contributed by atoms with E-state index in [1.807, 2.05) is 37.7 Å².